The van der Waals surface area contributed by atoms with Crippen LogP contribution >= 0.6 is 0 Å². The molecule has 0 spiro atoms. The van der Waals surface area contributed by atoms with E-state index in [-0.39, 0.29) is 12.1 Å². The van der Waals surface area contributed by atoms with Crippen LogP contribution in [0.5, 0.6) is 0 Å². The molecule has 2 amide bonds. The number of amides is 2. The molecule has 0 aliphatic carbocycles. The van der Waals surface area contributed by atoms with Gasteiger partial charge >= 0.3 is 6.03 Å². The molecule has 28 heavy (non-hydrogen) atoms. The minimum absolute atomic E-state index is 0.0177. The van der Waals surface area contributed by atoms with Crippen LogP contribution in [-0.4, -0.2) is 33.6 Å². The number of fused-ring (bicyclic) bond motifs is 1. The van der Waals surface area contributed by atoms with Crippen molar-refractivity contribution < 1.29 is 4.79 Å². The fraction of sp³-hybridized carbons (Fsp3) is 0.238. The number of urea groups is 1. The van der Waals surface area contributed by atoms with Crippen LogP contribution in [0.2, 0.25) is 0 Å². The number of nitrogens with one attached hydrogen (secondary N) is 2. The zero-order chi connectivity index (χ0) is 19.5. The lowest BCUT2D eigenvalue weighted by Crippen LogP contribution is -2.42. The molecule has 1 aliphatic rings. The minimum Gasteiger partial charge on any atom is -0.382 e. The Labute approximate surface area is 163 Å². The van der Waals surface area contributed by atoms with Crippen molar-refractivity contribution in [3.63, 3.8) is 0 Å². The number of hydrogen-bond acceptors (Lipinski definition) is 5. The zero-order valence-electron chi connectivity index (χ0n) is 15.9. The molecule has 3 aromatic heterocycles. The van der Waals surface area contributed by atoms with Crippen LogP contribution in [0, 0.1) is 6.92 Å². The lowest BCUT2D eigenvalue weighted by Gasteiger charge is -2.27. The van der Waals surface area contributed by atoms with E-state index in [1.165, 1.54) is 0 Å². The third-order valence-electron chi connectivity index (χ3n) is 4.71. The van der Waals surface area contributed by atoms with Gasteiger partial charge in [-0.2, -0.15) is 0 Å². The molecule has 0 radical (unpaired) electrons. The Morgan fingerprint density at radius 3 is 2.93 bits per heavy atom. The SMILES string of the molecule is Cc1cncc(-c2ccc3c(n2)N(C(=O)Nc2ccccn2)[C@H](C)CCN3)c1. The van der Waals surface area contributed by atoms with Crippen molar-refractivity contribution in [1.82, 2.24) is 15.0 Å². The Kier molecular flexibility index (Phi) is 4.89. The van der Waals surface area contributed by atoms with Crippen LogP contribution in [0.25, 0.3) is 11.3 Å². The van der Waals surface area contributed by atoms with Crippen molar-refractivity contribution in [2.24, 2.45) is 0 Å². The summed E-state index contributed by atoms with van der Waals surface area (Å²) in [6.07, 6.45) is 6.06. The molecule has 4 heterocycles. The van der Waals surface area contributed by atoms with Gasteiger partial charge in [-0.1, -0.05) is 6.07 Å². The number of hydrogen-bond donors (Lipinski definition) is 2. The van der Waals surface area contributed by atoms with Crippen molar-refractivity contribution in [3.8, 4) is 11.3 Å². The minimum atomic E-state index is -0.247. The maximum atomic E-state index is 13.1. The van der Waals surface area contributed by atoms with E-state index < -0.39 is 0 Å². The molecule has 142 valence electrons. The molecule has 3 aromatic rings. The summed E-state index contributed by atoms with van der Waals surface area (Å²) in [7, 11) is 0. The van der Waals surface area contributed by atoms with Crippen molar-refractivity contribution in [2.45, 2.75) is 26.3 Å². The van der Waals surface area contributed by atoms with Gasteiger partial charge in [0.2, 0.25) is 0 Å². The number of pyridine rings is 3. The first-order valence-corrected chi connectivity index (χ1v) is 9.30. The van der Waals surface area contributed by atoms with E-state index in [0.29, 0.717) is 11.6 Å². The summed E-state index contributed by atoms with van der Waals surface area (Å²) < 4.78 is 0. The number of nitrogens with zero attached hydrogens (tertiary/aromatic N) is 4. The molecule has 7 nitrogen and oxygen atoms in total. The van der Waals surface area contributed by atoms with E-state index in [1.807, 2.05) is 50.4 Å². The highest BCUT2D eigenvalue weighted by molar-refractivity contribution is 6.03. The van der Waals surface area contributed by atoms with Gasteiger partial charge in [-0.25, -0.2) is 14.8 Å². The second-order valence-electron chi connectivity index (χ2n) is 6.90. The van der Waals surface area contributed by atoms with Crippen LogP contribution in [0.1, 0.15) is 18.9 Å². The topological polar surface area (TPSA) is 83.0 Å². The number of anilines is 3. The molecule has 7 heteroatoms. The van der Waals surface area contributed by atoms with Gasteiger partial charge in [-0.15, -0.1) is 0 Å². The second kappa shape index (κ2) is 7.64. The van der Waals surface area contributed by atoms with Gasteiger partial charge in [0.05, 0.1) is 11.4 Å². The van der Waals surface area contributed by atoms with E-state index in [9.17, 15) is 4.79 Å². The van der Waals surface area contributed by atoms with Crippen LogP contribution in [0.15, 0.2) is 55.0 Å². The lowest BCUT2D eigenvalue weighted by atomic mass is 10.1. The van der Waals surface area contributed by atoms with Crippen molar-refractivity contribution in [1.29, 1.82) is 0 Å². The molecule has 0 saturated carbocycles. The Bertz CT molecular complexity index is 991. The number of carbonyl (C=O) groups excluding carboxylic acids is 1. The van der Waals surface area contributed by atoms with Gasteiger partial charge in [0, 0.05) is 36.7 Å². The largest absolute Gasteiger partial charge is 0.382 e. The first-order valence-electron chi connectivity index (χ1n) is 9.30. The maximum Gasteiger partial charge on any atom is 0.328 e. The molecule has 0 aromatic carbocycles. The van der Waals surface area contributed by atoms with Crippen molar-refractivity contribution >= 4 is 23.4 Å². The Balaban J connectivity index is 1.73. The highest BCUT2D eigenvalue weighted by Crippen LogP contribution is 2.32. The van der Waals surface area contributed by atoms with E-state index in [2.05, 4.69) is 20.6 Å². The summed E-state index contributed by atoms with van der Waals surface area (Å²) in [6.45, 7) is 4.79. The molecule has 0 unspecified atom stereocenters. The van der Waals surface area contributed by atoms with Crippen LogP contribution in [0.4, 0.5) is 22.1 Å². The molecule has 2 N–H and O–H groups in total. The van der Waals surface area contributed by atoms with Crippen molar-refractivity contribution in [2.75, 3.05) is 22.1 Å². The highest BCUT2D eigenvalue weighted by Gasteiger charge is 2.28. The molecule has 0 bridgehead atoms. The van der Waals surface area contributed by atoms with E-state index >= 15 is 0 Å². The Morgan fingerprint density at radius 2 is 2.14 bits per heavy atom. The number of aromatic nitrogens is 3. The summed E-state index contributed by atoms with van der Waals surface area (Å²) in [5.74, 6) is 1.12. The summed E-state index contributed by atoms with van der Waals surface area (Å²) in [6, 6.07) is 11.1. The van der Waals surface area contributed by atoms with Gasteiger partial charge in [-0.05, 0) is 56.2 Å². The second-order valence-corrected chi connectivity index (χ2v) is 6.90. The highest BCUT2D eigenvalue weighted by atomic mass is 16.2. The zero-order valence-corrected chi connectivity index (χ0v) is 15.9. The summed E-state index contributed by atoms with van der Waals surface area (Å²) >= 11 is 0. The third-order valence-corrected chi connectivity index (χ3v) is 4.71. The standard InChI is InChI=1S/C21H22N6O/c1-14-11-16(13-22-12-14)17-6-7-18-20(25-17)27(15(2)8-10-23-18)21(28)26-19-5-3-4-9-24-19/h3-7,9,11-13,15,23H,8,10H2,1-2H3,(H,24,26,28)/t15-/m1/s1. The number of rotatable bonds is 2. The average molecular weight is 374 g/mol. The first kappa shape index (κ1) is 17.9. The van der Waals surface area contributed by atoms with E-state index in [0.717, 1.165) is 35.5 Å². The maximum absolute atomic E-state index is 13.1. The Morgan fingerprint density at radius 1 is 1.25 bits per heavy atom. The average Bonchev–Trinajstić information content (AvgIpc) is 2.86. The van der Waals surface area contributed by atoms with Crippen molar-refractivity contribution in [3.05, 3.63) is 60.6 Å². The van der Waals surface area contributed by atoms with Gasteiger partial charge < -0.3 is 5.32 Å². The van der Waals surface area contributed by atoms with Crippen LogP contribution < -0.4 is 15.5 Å². The monoisotopic (exact) mass is 374 g/mol. The molecule has 4 rings (SSSR count). The van der Waals surface area contributed by atoms with Crippen LogP contribution in [-0.2, 0) is 0 Å². The van der Waals surface area contributed by atoms with Gasteiger partial charge in [0.1, 0.15) is 5.82 Å². The Hall–Kier alpha value is -3.48. The first-order chi connectivity index (χ1) is 13.6. The summed E-state index contributed by atoms with van der Waals surface area (Å²) in [5.41, 5.74) is 3.60. The number of carbonyl (C=O) groups is 1. The molecule has 0 fully saturated rings. The van der Waals surface area contributed by atoms with Gasteiger partial charge in [0.25, 0.3) is 0 Å². The summed E-state index contributed by atoms with van der Waals surface area (Å²) in [5, 5.41) is 6.25. The predicted octanol–water partition coefficient (Wildman–Crippen LogP) is 4.09. The van der Waals surface area contributed by atoms with E-state index in [4.69, 9.17) is 4.98 Å². The molecule has 1 aliphatic heterocycles. The quantitative estimate of drug-likeness (QED) is 0.706. The van der Waals surface area contributed by atoms with Crippen LogP contribution in [0.3, 0.4) is 0 Å². The smallest absolute Gasteiger partial charge is 0.328 e. The molecular formula is C21H22N6O. The predicted molar refractivity (Wildman–Crippen MR) is 111 cm³/mol. The molecular weight excluding hydrogens is 352 g/mol. The third kappa shape index (κ3) is 3.64. The lowest BCUT2D eigenvalue weighted by molar-refractivity contribution is 0.255. The fourth-order valence-electron chi connectivity index (χ4n) is 3.28. The van der Waals surface area contributed by atoms with Gasteiger partial charge in [-0.3, -0.25) is 15.2 Å². The van der Waals surface area contributed by atoms with Gasteiger partial charge in [0.15, 0.2) is 5.82 Å². The summed E-state index contributed by atoms with van der Waals surface area (Å²) in [4.78, 5) is 28.1. The fourth-order valence-corrected chi connectivity index (χ4v) is 3.28. The normalized spacial score (nSPS) is 15.9. The molecule has 0 saturated heterocycles. The van der Waals surface area contributed by atoms with E-state index in [1.54, 1.807) is 23.4 Å². The molecule has 1 atom stereocenters. The number of aryl methyl sites for hydroxylation is 1.